The van der Waals surface area contributed by atoms with E-state index in [4.69, 9.17) is 5.73 Å². The van der Waals surface area contributed by atoms with Crippen molar-refractivity contribution in [3.8, 4) is 0 Å². The second-order valence-electron chi connectivity index (χ2n) is 5.52. The van der Waals surface area contributed by atoms with Crippen molar-refractivity contribution >= 4 is 23.4 Å². The molecule has 1 aromatic carbocycles. The minimum Gasteiger partial charge on any atom is -0.399 e. The number of aryl methyl sites for hydroxylation is 1. The molecule has 0 saturated carbocycles. The second kappa shape index (κ2) is 8.13. The Morgan fingerprint density at radius 2 is 2.24 bits per heavy atom. The van der Waals surface area contributed by atoms with Crippen LogP contribution in [0.25, 0.3) is 0 Å². The molecular formula is C17H24N2OS. The van der Waals surface area contributed by atoms with E-state index in [0.717, 1.165) is 29.1 Å². The van der Waals surface area contributed by atoms with E-state index >= 15 is 0 Å². The Balaban J connectivity index is 1.68. The van der Waals surface area contributed by atoms with E-state index in [0.29, 0.717) is 5.75 Å². The Morgan fingerprint density at radius 1 is 1.38 bits per heavy atom. The number of hydrogen-bond acceptors (Lipinski definition) is 3. The summed E-state index contributed by atoms with van der Waals surface area (Å²) >= 11 is 1.57. The zero-order valence-corrected chi connectivity index (χ0v) is 13.5. The molecule has 1 aromatic rings. The van der Waals surface area contributed by atoms with Gasteiger partial charge in [-0.25, -0.2) is 0 Å². The zero-order chi connectivity index (χ0) is 15.1. The van der Waals surface area contributed by atoms with E-state index < -0.39 is 0 Å². The highest BCUT2D eigenvalue weighted by Gasteiger charge is 2.07. The van der Waals surface area contributed by atoms with Crippen LogP contribution in [0.3, 0.4) is 0 Å². The molecule has 1 aliphatic rings. The van der Waals surface area contributed by atoms with Crippen LogP contribution in [0.1, 0.15) is 37.7 Å². The average Bonchev–Trinajstić information content (AvgIpc) is 2.47. The molecule has 3 nitrogen and oxygen atoms in total. The zero-order valence-electron chi connectivity index (χ0n) is 12.7. The van der Waals surface area contributed by atoms with Gasteiger partial charge >= 0.3 is 0 Å². The molecule has 0 radical (unpaired) electrons. The second-order valence-corrected chi connectivity index (χ2v) is 6.54. The largest absolute Gasteiger partial charge is 0.399 e. The molecule has 0 aromatic heterocycles. The van der Waals surface area contributed by atoms with Gasteiger partial charge in [0, 0.05) is 17.1 Å². The number of rotatable bonds is 6. The van der Waals surface area contributed by atoms with Crippen LogP contribution >= 0.6 is 11.8 Å². The van der Waals surface area contributed by atoms with Crippen molar-refractivity contribution in [2.24, 2.45) is 0 Å². The SMILES string of the molecule is Cc1cc(N)ccc1SCC(=O)NCCC1=CCCCC1. The maximum Gasteiger partial charge on any atom is 0.230 e. The van der Waals surface area contributed by atoms with Gasteiger partial charge in [-0.1, -0.05) is 11.6 Å². The number of amides is 1. The van der Waals surface area contributed by atoms with Crippen LogP contribution in [-0.4, -0.2) is 18.2 Å². The number of nitrogens with two attached hydrogens (primary N) is 1. The summed E-state index contributed by atoms with van der Waals surface area (Å²) in [7, 11) is 0. The summed E-state index contributed by atoms with van der Waals surface area (Å²) in [6.07, 6.45) is 8.35. The predicted molar refractivity (Wildman–Crippen MR) is 90.5 cm³/mol. The van der Waals surface area contributed by atoms with Crippen molar-refractivity contribution in [2.75, 3.05) is 18.0 Å². The molecule has 0 saturated heterocycles. The van der Waals surface area contributed by atoms with Crippen LogP contribution in [-0.2, 0) is 4.79 Å². The lowest BCUT2D eigenvalue weighted by molar-refractivity contribution is -0.118. The van der Waals surface area contributed by atoms with Crippen molar-refractivity contribution in [2.45, 2.75) is 43.9 Å². The highest BCUT2D eigenvalue weighted by molar-refractivity contribution is 8.00. The summed E-state index contributed by atoms with van der Waals surface area (Å²) in [6.45, 7) is 2.78. The van der Waals surface area contributed by atoms with Crippen molar-refractivity contribution in [3.63, 3.8) is 0 Å². The third kappa shape index (κ3) is 5.46. The molecule has 0 atom stereocenters. The van der Waals surface area contributed by atoms with Crippen molar-refractivity contribution < 1.29 is 4.79 Å². The number of nitrogens with one attached hydrogen (secondary N) is 1. The van der Waals surface area contributed by atoms with E-state index in [1.165, 1.54) is 31.3 Å². The Hall–Kier alpha value is -1.42. The molecule has 0 fully saturated rings. The van der Waals surface area contributed by atoms with E-state index in [1.54, 1.807) is 11.8 Å². The molecule has 21 heavy (non-hydrogen) atoms. The van der Waals surface area contributed by atoms with Gasteiger partial charge in [0.25, 0.3) is 0 Å². The van der Waals surface area contributed by atoms with Gasteiger partial charge in [-0.3, -0.25) is 4.79 Å². The molecule has 0 aliphatic heterocycles. The molecule has 0 unspecified atom stereocenters. The summed E-state index contributed by atoms with van der Waals surface area (Å²) in [5, 5.41) is 3.01. The maximum absolute atomic E-state index is 11.9. The summed E-state index contributed by atoms with van der Waals surface area (Å²) in [5.41, 5.74) is 9.12. The highest BCUT2D eigenvalue weighted by Crippen LogP contribution is 2.24. The van der Waals surface area contributed by atoms with Crippen molar-refractivity contribution in [1.82, 2.24) is 5.32 Å². The molecular weight excluding hydrogens is 280 g/mol. The van der Waals surface area contributed by atoms with Crippen molar-refractivity contribution in [1.29, 1.82) is 0 Å². The molecule has 2 rings (SSSR count). The van der Waals surface area contributed by atoms with E-state index in [-0.39, 0.29) is 5.91 Å². The van der Waals surface area contributed by atoms with Crippen LogP contribution in [0.2, 0.25) is 0 Å². The normalized spacial score (nSPS) is 14.6. The van der Waals surface area contributed by atoms with Gasteiger partial charge < -0.3 is 11.1 Å². The first-order valence-corrected chi connectivity index (χ1v) is 8.57. The monoisotopic (exact) mass is 304 g/mol. The third-order valence-corrected chi connectivity index (χ3v) is 4.89. The lowest BCUT2D eigenvalue weighted by Crippen LogP contribution is -2.26. The number of thioether (sulfide) groups is 1. The third-order valence-electron chi connectivity index (χ3n) is 3.71. The first-order valence-electron chi connectivity index (χ1n) is 7.58. The molecule has 1 amide bonds. The standard InChI is InChI=1S/C17H24N2OS/c1-13-11-15(18)7-8-16(13)21-12-17(20)19-10-9-14-5-3-2-4-6-14/h5,7-8,11H,2-4,6,9-10,12,18H2,1H3,(H,19,20). The number of nitrogen functional groups attached to an aromatic ring is 1. The van der Waals surface area contributed by atoms with E-state index in [2.05, 4.69) is 11.4 Å². The minimum atomic E-state index is 0.104. The molecule has 0 heterocycles. The topological polar surface area (TPSA) is 55.1 Å². The number of carbonyl (C=O) groups is 1. The van der Waals surface area contributed by atoms with Gasteiger partial charge in [0.2, 0.25) is 5.91 Å². The smallest absolute Gasteiger partial charge is 0.230 e. The van der Waals surface area contributed by atoms with Gasteiger partial charge in [-0.2, -0.15) is 0 Å². The Kier molecular flexibility index (Phi) is 6.18. The summed E-state index contributed by atoms with van der Waals surface area (Å²) in [6, 6.07) is 5.80. The summed E-state index contributed by atoms with van der Waals surface area (Å²) in [4.78, 5) is 13.0. The Morgan fingerprint density at radius 3 is 2.95 bits per heavy atom. The fraction of sp³-hybridized carbons (Fsp3) is 0.471. The van der Waals surface area contributed by atoms with Crippen LogP contribution < -0.4 is 11.1 Å². The quantitative estimate of drug-likeness (QED) is 0.479. The Bertz CT molecular complexity index is 526. The summed E-state index contributed by atoms with van der Waals surface area (Å²) in [5.74, 6) is 0.566. The average molecular weight is 304 g/mol. The Labute approximate surface area is 131 Å². The lowest BCUT2D eigenvalue weighted by atomic mass is 9.97. The van der Waals surface area contributed by atoms with Gasteiger partial charge in [0.05, 0.1) is 5.75 Å². The molecule has 3 N–H and O–H groups in total. The summed E-state index contributed by atoms with van der Waals surface area (Å²) < 4.78 is 0. The first-order chi connectivity index (χ1) is 10.1. The van der Waals surface area contributed by atoms with E-state index in [1.807, 2.05) is 25.1 Å². The number of carbonyl (C=O) groups excluding carboxylic acids is 1. The van der Waals surface area contributed by atoms with E-state index in [9.17, 15) is 4.79 Å². The lowest BCUT2D eigenvalue weighted by Gasteiger charge is -2.13. The number of hydrogen-bond donors (Lipinski definition) is 2. The van der Waals surface area contributed by atoms with Gasteiger partial charge in [0.1, 0.15) is 0 Å². The number of allylic oxidation sites excluding steroid dienone is 1. The van der Waals surface area contributed by atoms with Crippen LogP contribution in [0, 0.1) is 6.92 Å². The predicted octanol–water partition coefficient (Wildman–Crippen LogP) is 3.68. The number of benzene rings is 1. The fourth-order valence-corrected chi connectivity index (χ4v) is 3.36. The molecule has 1 aliphatic carbocycles. The number of anilines is 1. The molecule has 0 bridgehead atoms. The van der Waals surface area contributed by atoms with Gasteiger partial charge in [-0.15, -0.1) is 11.8 Å². The molecule has 4 heteroatoms. The maximum atomic E-state index is 11.9. The van der Waals surface area contributed by atoms with Crippen LogP contribution in [0.4, 0.5) is 5.69 Å². The first kappa shape index (κ1) is 16.0. The minimum absolute atomic E-state index is 0.104. The molecule has 114 valence electrons. The van der Waals surface area contributed by atoms with Crippen LogP contribution in [0.5, 0.6) is 0 Å². The van der Waals surface area contributed by atoms with Crippen LogP contribution in [0.15, 0.2) is 34.7 Å². The molecule has 0 spiro atoms. The fourth-order valence-electron chi connectivity index (χ4n) is 2.52. The van der Waals surface area contributed by atoms with Gasteiger partial charge in [0.15, 0.2) is 0 Å². The highest BCUT2D eigenvalue weighted by atomic mass is 32.2. The van der Waals surface area contributed by atoms with Gasteiger partial charge in [-0.05, 0) is 62.8 Å². The van der Waals surface area contributed by atoms with Crippen molar-refractivity contribution in [3.05, 3.63) is 35.4 Å².